The summed E-state index contributed by atoms with van der Waals surface area (Å²) < 4.78 is 10.9. The van der Waals surface area contributed by atoms with Crippen LogP contribution in [-0.2, 0) is 17.6 Å². The molecule has 0 spiro atoms. The lowest BCUT2D eigenvalue weighted by Gasteiger charge is -2.02. The third kappa shape index (κ3) is 4.80. The van der Waals surface area contributed by atoms with E-state index in [1.807, 2.05) is 24.3 Å². The number of ketones is 1. The van der Waals surface area contributed by atoms with Gasteiger partial charge in [0.05, 0.1) is 12.5 Å². The van der Waals surface area contributed by atoms with Gasteiger partial charge in [-0.25, -0.2) is 9.97 Å². The highest BCUT2D eigenvalue weighted by atomic mass is 32.1. The molecule has 0 bridgehead atoms. The maximum atomic E-state index is 12.4. The Morgan fingerprint density at radius 1 is 0.833 bits per heavy atom. The van der Waals surface area contributed by atoms with Crippen LogP contribution in [0.3, 0.4) is 0 Å². The predicted molar refractivity (Wildman–Crippen MR) is 119 cm³/mol. The number of carbonyl (C=O) groups is 1. The fraction of sp³-hybridized carbons (Fsp3) is 0.286. The molecule has 0 fully saturated rings. The van der Waals surface area contributed by atoms with Crippen molar-refractivity contribution in [2.24, 2.45) is 0 Å². The fourth-order valence-corrected chi connectivity index (χ4v) is 5.06. The van der Waals surface area contributed by atoms with Crippen LogP contribution >= 0.6 is 22.7 Å². The van der Waals surface area contributed by atoms with E-state index in [1.54, 1.807) is 12.5 Å². The molecule has 0 amide bonds. The molecule has 0 aliphatic carbocycles. The number of thiazole rings is 2. The zero-order chi connectivity index (χ0) is 20.9. The Labute approximate surface area is 181 Å². The molecule has 0 aromatic carbocycles. The van der Waals surface area contributed by atoms with Crippen molar-refractivity contribution in [2.75, 3.05) is 11.5 Å². The first-order chi connectivity index (χ1) is 14.6. The highest BCUT2D eigenvalue weighted by Crippen LogP contribution is 2.32. The van der Waals surface area contributed by atoms with Gasteiger partial charge in [-0.1, -0.05) is 0 Å². The van der Waals surface area contributed by atoms with Crippen LogP contribution in [0.15, 0.2) is 45.6 Å². The van der Waals surface area contributed by atoms with Gasteiger partial charge in [0.25, 0.3) is 0 Å². The van der Waals surface area contributed by atoms with Gasteiger partial charge in [0, 0.05) is 22.6 Å². The van der Waals surface area contributed by atoms with E-state index in [0.29, 0.717) is 34.6 Å². The fourth-order valence-electron chi connectivity index (χ4n) is 3.31. The SMILES string of the molecule is Nc1nc(-c2ccco2)c(CCCC(=O)CCCc2sc(N)nc2-c2ccco2)s1. The second kappa shape index (κ2) is 9.27. The van der Waals surface area contributed by atoms with Crippen LogP contribution in [0.5, 0.6) is 0 Å². The standard InChI is InChI=1S/C21H22N4O3S2/c22-20-24-18(14-7-3-11-27-14)16(29-20)9-1-5-13(26)6-2-10-17-19(25-21(23)30-17)15-8-4-12-28-15/h3-4,7-8,11-12H,1-2,5-6,9-10H2,(H2,22,24)(H2,23,25). The number of Topliss-reactive ketones (excluding diaryl/α,β-unsaturated/α-hetero) is 1. The van der Waals surface area contributed by atoms with Crippen molar-refractivity contribution in [3.63, 3.8) is 0 Å². The van der Waals surface area contributed by atoms with Gasteiger partial charge in [-0.3, -0.25) is 4.79 Å². The first-order valence-electron chi connectivity index (χ1n) is 9.70. The normalized spacial score (nSPS) is 11.2. The minimum Gasteiger partial charge on any atom is -0.463 e. The number of anilines is 2. The Morgan fingerprint density at radius 2 is 1.30 bits per heavy atom. The largest absolute Gasteiger partial charge is 0.463 e. The van der Waals surface area contributed by atoms with Crippen LogP contribution in [0.1, 0.15) is 35.4 Å². The molecule has 4 heterocycles. The van der Waals surface area contributed by atoms with E-state index < -0.39 is 0 Å². The number of nitrogen functional groups attached to an aromatic ring is 2. The van der Waals surface area contributed by atoms with Crippen LogP contribution in [0, 0.1) is 0 Å². The van der Waals surface area contributed by atoms with Crippen molar-refractivity contribution in [3.05, 3.63) is 46.5 Å². The minimum atomic E-state index is 0.254. The number of nitrogens with zero attached hydrogens (tertiary/aromatic N) is 2. The summed E-state index contributed by atoms with van der Waals surface area (Å²) >= 11 is 2.90. The number of hydrogen-bond acceptors (Lipinski definition) is 9. The molecule has 0 saturated carbocycles. The molecular weight excluding hydrogens is 420 g/mol. The summed E-state index contributed by atoms with van der Waals surface area (Å²) in [6.07, 6.45) is 7.34. The average Bonchev–Trinajstić information content (AvgIpc) is 3.49. The molecule has 7 nitrogen and oxygen atoms in total. The number of aromatic nitrogens is 2. The van der Waals surface area contributed by atoms with Crippen molar-refractivity contribution in [2.45, 2.75) is 38.5 Å². The number of aryl methyl sites for hydroxylation is 2. The molecule has 30 heavy (non-hydrogen) atoms. The van der Waals surface area contributed by atoms with E-state index in [1.165, 1.54) is 22.7 Å². The number of carbonyl (C=O) groups excluding carboxylic acids is 1. The quantitative estimate of drug-likeness (QED) is 0.346. The summed E-state index contributed by atoms with van der Waals surface area (Å²) in [5.41, 5.74) is 13.3. The molecule has 0 aliphatic rings. The molecule has 0 atom stereocenters. The lowest BCUT2D eigenvalue weighted by Crippen LogP contribution is -2.00. The summed E-state index contributed by atoms with van der Waals surface area (Å²) in [7, 11) is 0. The third-order valence-electron chi connectivity index (χ3n) is 4.66. The smallest absolute Gasteiger partial charge is 0.180 e. The van der Waals surface area contributed by atoms with Crippen molar-refractivity contribution < 1.29 is 13.6 Å². The summed E-state index contributed by atoms with van der Waals surface area (Å²) in [5, 5.41) is 1.03. The van der Waals surface area contributed by atoms with Gasteiger partial charge in [-0.15, -0.1) is 22.7 Å². The predicted octanol–water partition coefficient (Wildman–Crippen LogP) is 5.20. The molecule has 0 unspecified atom stereocenters. The molecule has 4 rings (SSSR count). The van der Waals surface area contributed by atoms with Crippen LogP contribution in [0.4, 0.5) is 10.3 Å². The second-order valence-corrected chi connectivity index (χ2v) is 9.08. The summed E-state index contributed by atoms with van der Waals surface area (Å²) in [6, 6.07) is 7.39. The lowest BCUT2D eigenvalue weighted by molar-refractivity contribution is -0.119. The molecule has 4 aromatic rings. The van der Waals surface area contributed by atoms with Crippen LogP contribution in [0.25, 0.3) is 22.9 Å². The summed E-state index contributed by atoms with van der Waals surface area (Å²) in [6.45, 7) is 0. The van der Waals surface area contributed by atoms with Crippen LogP contribution in [0.2, 0.25) is 0 Å². The van der Waals surface area contributed by atoms with Gasteiger partial charge in [-0.05, 0) is 49.9 Å². The molecule has 0 radical (unpaired) electrons. The zero-order valence-corrected chi connectivity index (χ0v) is 17.9. The highest BCUT2D eigenvalue weighted by Gasteiger charge is 2.16. The zero-order valence-electron chi connectivity index (χ0n) is 16.3. The Bertz CT molecular complexity index is 1010. The lowest BCUT2D eigenvalue weighted by atomic mass is 10.1. The molecular formula is C21H22N4O3S2. The van der Waals surface area contributed by atoms with E-state index in [0.717, 1.165) is 46.8 Å². The summed E-state index contributed by atoms with van der Waals surface area (Å²) in [4.78, 5) is 23.2. The van der Waals surface area contributed by atoms with Crippen LogP contribution in [-0.4, -0.2) is 15.8 Å². The first kappa shape index (κ1) is 20.4. The summed E-state index contributed by atoms with van der Waals surface area (Å²) in [5.74, 6) is 1.67. The number of nitrogens with two attached hydrogens (primary N) is 2. The van der Waals surface area contributed by atoms with Gasteiger partial charge in [0.1, 0.15) is 17.2 Å². The molecule has 0 aliphatic heterocycles. The Kier molecular flexibility index (Phi) is 6.29. The number of hydrogen-bond donors (Lipinski definition) is 2. The Balaban J connectivity index is 1.25. The second-order valence-electron chi connectivity index (χ2n) is 6.85. The number of rotatable bonds is 10. The van der Waals surface area contributed by atoms with E-state index in [2.05, 4.69) is 9.97 Å². The van der Waals surface area contributed by atoms with Crippen LogP contribution < -0.4 is 11.5 Å². The van der Waals surface area contributed by atoms with Gasteiger partial charge in [-0.2, -0.15) is 0 Å². The first-order valence-corrected chi connectivity index (χ1v) is 11.3. The van der Waals surface area contributed by atoms with Gasteiger partial charge >= 0.3 is 0 Å². The Morgan fingerprint density at radius 3 is 1.70 bits per heavy atom. The molecule has 4 aromatic heterocycles. The van der Waals surface area contributed by atoms with E-state index in [9.17, 15) is 4.79 Å². The van der Waals surface area contributed by atoms with Crippen molar-refractivity contribution in [1.29, 1.82) is 0 Å². The van der Waals surface area contributed by atoms with Gasteiger partial charge in [0.15, 0.2) is 21.8 Å². The van der Waals surface area contributed by atoms with Crippen molar-refractivity contribution in [1.82, 2.24) is 9.97 Å². The van der Waals surface area contributed by atoms with Crippen molar-refractivity contribution in [3.8, 4) is 22.9 Å². The monoisotopic (exact) mass is 442 g/mol. The van der Waals surface area contributed by atoms with Gasteiger partial charge in [0.2, 0.25) is 0 Å². The molecule has 0 saturated heterocycles. The maximum Gasteiger partial charge on any atom is 0.180 e. The third-order valence-corrected chi connectivity index (χ3v) is 6.54. The van der Waals surface area contributed by atoms with E-state index in [-0.39, 0.29) is 5.78 Å². The molecule has 9 heteroatoms. The minimum absolute atomic E-state index is 0.254. The van der Waals surface area contributed by atoms with Gasteiger partial charge < -0.3 is 20.3 Å². The van der Waals surface area contributed by atoms with E-state index in [4.69, 9.17) is 20.3 Å². The van der Waals surface area contributed by atoms with E-state index >= 15 is 0 Å². The highest BCUT2D eigenvalue weighted by molar-refractivity contribution is 7.16. The van der Waals surface area contributed by atoms with Crippen molar-refractivity contribution >= 4 is 38.7 Å². The Hall–Kier alpha value is -2.91. The number of furan rings is 2. The maximum absolute atomic E-state index is 12.4. The molecule has 4 N–H and O–H groups in total. The molecule has 156 valence electrons. The average molecular weight is 443 g/mol. The topological polar surface area (TPSA) is 121 Å².